The number of nitrogens with one attached hydrogen (secondary N) is 1. The normalized spacial score (nSPS) is 12.2. The van der Waals surface area contributed by atoms with E-state index in [1.807, 2.05) is 0 Å². The molecule has 12 aromatic rings. The molecule has 12 rings (SSSR count). The molecule has 0 saturated heterocycles. The van der Waals surface area contributed by atoms with E-state index in [0.29, 0.717) is 0 Å². The van der Waals surface area contributed by atoms with Crippen LogP contribution in [0.4, 0.5) is 11.4 Å². The number of anilines is 2. The van der Waals surface area contributed by atoms with Gasteiger partial charge in [0, 0.05) is 11.4 Å². The van der Waals surface area contributed by atoms with Crippen molar-refractivity contribution in [3.05, 3.63) is 182 Å². The average molecular weight is 670 g/mol. The molecule has 53 heavy (non-hydrogen) atoms. The monoisotopic (exact) mass is 669 g/mol. The van der Waals surface area contributed by atoms with E-state index in [4.69, 9.17) is 0 Å². The third-order valence-corrected chi connectivity index (χ3v) is 11.6. The average Bonchev–Trinajstić information content (AvgIpc) is 3.72. The Labute approximate surface area is 306 Å². The highest BCUT2D eigenvalue weighted by Gasteiger charge is 2.26. The zero-order valence-corrected chi connectivity index (χ0v) is 28.8. The first kappa shape index (κ1) is 28.7. The number of benzene rings is 10. The molecule has 0 aromatic heterocycles. The first-order valence-electron chi connectivity index (χ1n) is 18.4. The lowest BCUT2D eigenvalue weighted by atomic mass is 9.84. The van der Waals surface area contributed by atoms with Gasteiger partial charge in [-0.25, -0.2) is 0 Å². The Kier molecular flexibility index (Phi) is 5.84. The number of hydrogen-bond donors (Lipinski definition) is 1. The van der Waals surface area contributed by atoms with Crippen molar-refractivity contribution >= 4 is 97.6 Å². The summed E-state index contributed by atoms with van der Waals surface area (Å²) >= 11 is 0. The number of fused-ring (bicyclic) bond motifs is 10. The lowest BCUT2D eigenvalue weighted by Gasteiger charge is -2.19. The summed E-state index contributed by atoms with van der Waals surface area (Å²) in [4.78, 5) is 0. The molecule has 0 aliphatic carbocycles. The van der Waals surface area contributed by atoms with Gasteiger partial charge >= 0.3 is 0 Å². The van der Waals surface area contributed by atoms with E-state index in [2.05, 4.69) is 187 Å². The quantitative estimate of drug-likeness (QED) is 0.184. The van der Waals surface area contributed by atoms with Gasteiger partial charge in [-0.05, 0) is 145 Å². The van der Waals surface area contributed by atoms with Crippen LogP contribution in [0.2, 0.25) is 0 Å². The largest absolute Gasteiger partial charge is 0.356 e. The number of hydrogen-bond acceptors (Lipinski definition) is 1. The van der Waals surface area contributed by atoms with E-state index in [0.717, 1.165) is 11.4 Å². The van der Waals surface area contributed by atoms with E-state index in [-0.39, 0.29) is 0 Å². The minimum atomic E-state index is 1.08. The fraction of sp³-hybridized carbons (Fsp3) is 0. The van der Waals surface area contributed by atoms with Crippen LogP contribution in [0, 0.1) is 0 Å². The maximum atomic E-state index is 3.65. The smallest absolute Gasteiger partial charge is 0.0390 e. The molecule has 0 unspecified atom stereocenters. The zero-order valence-electron chi connectivity index (χ0n) is 28.8. The van der Waals surface area contributed by atoms with Crippen LogP contribution in [-0.2, 0) is 0 Å². The van der Waals surface area contributed by atoms with Gasteiger partial charge in [0.1, 0.15) is 0 Å². The highest BCUT2D eigenvalue weighted by atomic mass is 14.9. The molecule has 0 aliphatic heterocycles. The van der Waals surface area contributed by atoms with E-state index in [9.17, 15) is 0 Å². The molecule has 0 atom stereocenters. The lowest BCUT2D eigenvalue weighted by molar-refractivity contribution is 1.57. The SMILES string of the molecule is c1ccc(Nc2ccc3c(c2)cc2c4c(-c5ccccc5)c5c(cc6c7ccccc7c7cccc5c76)c(-c5ccccc5)c4c4cccc3c42)cc1. The van der Waals surface area contributed by atoms with Gasteiger partial charge in [-0.3, -0.25) is 0 Å². The molecule has 0 spiro atoms. The first-order chi connectivity index (χ1) is 26.3. The molecular formula is C52H31N. The van der Waals surface area contributed by atoms with Crippen molar-refractivity contribution in [2.45, 2.75) is 0 Å². The second-order valence-corrected chi connectivity index (χ2v) is 14.4. The predicted octanol–water partition coefficient (Wildman–Crippen LogP) is 14.9. The molecule has 0 heterocycles. The Hall–Kier alpha value is -6.96. The fourth-order valence-corrected chi connectivity index (χ4v) is 9.58. The van der Waals surface area contributed by atoms with Gasteiger partial charge in [-0.1, -0.05) is 146 Å². The van der Waals surface area contributed by atoms with E-state index >= 15 is 0 Å². The van der Waals surface area contributed by atoms with Crippen LogP contribution < -0.4 is 5.32 Å². The summed E-state index contributed by atoms with van der Waals surface area (Å²) in [6.45, 7) is 0. The molecule has 0 amide bonds. The summed E-state index contributed by atoms with van der Waals surface area (Å²) in [7, 11) is 0. The summed E-state index contributed by atoms with van der Waals surface area (Å²) in [6.07, 6.45) is 0. The van der Waals surface area contributed by atoms with Crippen LogP contribution in [0.25, 0.3) is 108 Å². The molecule has 244 valence electrons. The van der Waals surface area contributed by atoms with Crippen LogP contribution >= 0.6 is 0 Å². The van der Waals surface area contributed by atoms with Crippen LogP contribution in [0.3, 0.4) is 0 Å². The minimum absolute atomic E-state index is 1.08. The van der Waals surface area contributed by atoms with Gasteiger partial charge in [-0.2, -0.15) is 0 Å². The van der Waals surface area contributed by atoms with Gasteiger partial charge in [0.05, 0.1) is 0 Å². The first-order valence-corrected chi connectivity index (χ1v) is 18.4. The van der Waals surface area contributed by atoms with Crippen molar-refractivity contribution < 1.29 is 0 Å². The number of rotatable bonds is 4. The second kappa shape index (κ2) is 10.8. The summed E-state index contributed by atoms with van der Waals surface area (Å²) in [6, 6.07) is 67.3. The van der Waals surface area contributed by atoms with Crippen LogP contribution in [0.15, 0.2) is 182 Å². The van der Waals surface area contributed by atoms with Gasteiger partial charge < -0.3 is 5.32 Å². The summed E-state index contributed by atoms with van der Waals surface area (Å²) in [5.41, 5.74) is 7.27. The molecule has 0 bridgehead atoms. The minimum Gasteiger partial charge on any atom is -0.356 e. The van der Waals surface area contributed by atoms with E-state index in [1.54, 1.807) is 0 Å². The van der Waals surface area contributed by atoms with Gasteiger partial charge in [-0.15, -0.1) is 0 Å². The molecular weight excluding hydrogens is 639 g/mol. The maximum absolute atomic E-state index is 3.65. The van der Waals surface area contributed by atoms with Crippen molar-refractivity contribution in [3.8, 4) is 22.3 Å². The molecule has 1 heteroatoms. The van der Waals surface area contributed by atoms with Crippen molar-refractivity contribution in [3.63, 3.8) is 0 Å². The van der Waals surface area contributed by atoms with Crippen LogP contribution in [0.5, 0.6) is 0 Å². The van der Waals surface area contributed by atoms with Crippen molar-refractivity contribution in [1.29, 1.82) is 0 Å². The summed E-state index contributed by atoms with van der Waals surface area (Å²) in [5.74, 6) is 0. The standard InChI is InChI=1S/C52H31N/c1-4-14-31(15-5-1)46-45-30-43-38-21-11-10-20-37(38)40-23-13-24-41(48(40)43)50(45)47(32-16-6-2-7-17-32)52-44-29-33-28-35(53-34-18-8-3-9-19-34)26-27-36(33)39-22-12-25-42(49(39)44)51(46)52/h1-30,53H. The van der Waals surface area contributed by atoms with E-state index in [1.165, 1.54) is 108 Å². The zero-order chi connectivity index (χ0) is 34.6. The van der Waals surface area contributed by atoms with Crippen molar-refractivity contribution in [2.24, 2.45) is 0 Å². The van der Waals surface area contributed by atoms with Gasteiger partial charge in [0.25, 0.3) is 0 Å². The molecule has 0 radical (unpaired) electrons. The highest BCUT2D eigenvalue weighted by molar-refractivity contribution is 6.46. The Balaban J connectivity index is 1.35. The third-order valence-electron chi connectivity index (χ3n) is 11.6. The topological polar surface area (TPSA) is 12.0 Å². The number of para-hydroxylation sites is 1. The Morgan fingerprint density at radius 3 is 1.49 bits per heavy atom. The van der Waals surface area contributed by atoms with E-state index < -0.39 is 0 Å². The Morgan fingerprint density at radius 1 is 0.245 bits per heavy atom. The summed E-state index contributed by atoms with van der Waals surface area (Å²) in [5, 5.41) is 24.6. The van der Waals surface area contributed by atoms with Crippen molar-refractivity contribution in [1.82, 2.24) is 0 Å². The molecule has 1 nitrogen and oxygen atoms in total. The Bertz CT molecular complexity index is 3380. The summed E-state index contributed by atoms with van der Waals surface area (Å²) < 4.78 is 0. The molecule has 1 N–H and O–H groups in total. The van der Waals surface area contributed by atoms with Crippen LogP contribution in [-0.4, -0.2) is 0 Å². The Morgan fingerprint density at radius 2 is 0.774 bits per heavy atom. The van der Waals surface area contributed by atoms with Crippen molar-refractivity contribution in [2.75, 3.05) is 5.32 Å². The van der Waals surface area contributed by atoms with Crippen LogP contribution in [0.1, 0.15) is 0 Å². The predicted molar refractivity (Wildman–Crippen MR) is 229 cm³/mol. The second-order valence-electron chi connectivity index (χ2n) is 14.4. The molecule has 0 fully saturated rings. The highest BCUT2D eigenvalue weighted by Crippen LogP contribution is 2.55. The third kappa shape index (κ3) is 3.97. The van der Waals surface area contributed by atoms with Gasteiger partial charge in [0.15, 0.2) is 0 Å². The lowest BCUT2D eigenvalue weighted by Crippen LogP contribution is -1.91. The van der Waals surface area contributed by atoms with Gasteiger partial charge in [0.2, 0.25) is 0 Å². The molecule has 0 aliphatic rings. The molecule has 0 saturated carbocycles. The molecule has 12 aromatic carbocycles. The maximum Gasteiger partial charge on any atom is 0.0390 e. The fourth-order valence-electron chi connectivity index (χ4n) is 9.58.